The lowest BCUT2D eigenvalue weighted by molar-refractivity contribution is 1.20. The molecule has 2 heterocycles. The van der Waals surface area contributed by atoms with Crippen LogP contribution in [0.25, 0.3) is 22.4 Å². The van der Waals surface area contributed by atoms with Crippen molar-refractivity contribution >= 4 is 11.2 Å². The first-order valence-corrected chi connectivity index (χ1v) is 4.56. The van der Waals surface area contributed by atoms with Gasteiger partial charge in [0.1, 0.15) is 17.5 Å². The molecule has 0 aliphatic heterocycles. The van der Waals surface area contributed by atoms with Gasteiger partial charge in [-0.05, 0) is 12.1 Å². The van der Waals surface area contributed by atoms with Crippen LogP contribution in [0.4, 0.5) is 0 Å². The molecule has 0 unspecified atom stereocenters. The smallest absolute Gasteiger partial charge is 0.161 e. The van der Waals surface area contributed by atoms with Gasteiger partial charge in [0.25, 0.3) is 0 Å². The summed E-state index contributed by atoms with van der Waals surface area (Å²) >= 11 is 0. The van der Waals surface area contributed by atoms with Gasteiger partial charge in [-0.3, -0.25) is 0 Å². The van der Waals surface area contributed by atoms with Crippen LogP contribution in [-0.4, -0.2) is 19.9 Å². The van der Waals surface area contributed by atoms with E-state index in [4.69, 9.17) is 0 Å². The first kappa shape index (κ1) is 8.11. The Morgan fingerprint density at radius 3 is 3.07 bits per heavy atom. The Bertz CT molecular complexity index is 586. The molecule has 2 aromatic heterocycles. The summed E-state index contributed by atoms with van der Waals surface area (Å²) in [5.41, 5.74) is 3.37. The summed E-state index contributed by atoms with van der Waals surface area (Å²) in [5.74, 6) is 0. The summed E-state index contributed by atoms with van der Waals surface area (Å²) in [6.45, 7) is 0. The lowest BCUT2D eigenvalue weighted by atomic mass is 10.1. The number of rotatable bonds is 1. The molecule has 0 atom stereocenters. The molecule has 0 aliphatic rings. The van der Waals surface area contributed by atoms with E-state index >= 15 is 0 Å². The Labute approximate surface area is 86.0 Å². The number of aromatic amines is 1. The summed E-state index contributed by atoms with van der Waals surface area (Å²) in [6, 6.07) is 10.7. The van der Waals surface area contributed by atoms with Crippen LogP contribution in [0.5, 0.6) is 0 Å². The van der Waals surface area contributed by atoms with Gasteiger partial charge in [-0.15, -0.1) is 0 Å². The van der Waals surface area contributed by atoms with Gasteiger partial charge in [-0.25, -0.2) is 15.0 Å². The van der Waals surface area contributed by atoms with Crippen molar-refractivity contribution in [1.82, 2.24) is 19.9 Å². The second kappa shape index (κ2) is 3.16. The number of benzene rings is 1. The van der Waals surface area contributed by atoms with E-state index < -0.39 is 0 Å². The van der Waals surface area contributed by atoms with Gasteiger partial charge >= 0.3 is 0 Å². The molecule has 0 aliphatic carbocycles. The molecule has 4 heteroatoms. The quantitative estimate of drug-likeness (QED) is 0.644. The third-order valence-corrected chi connectivity index (χ3v) is 2.20. The molecule has 4 nitrogen and oxygen atoms in total. The highest BCUT2D eigenvalue weighted by Gasteiger charge is 2.07. The molecule has 3 aromatic rings. The number of aromatic nitrogens is 4. The lowest BCUT2D eigenvalue weighted by Crippen LogP contribution is -1.87. The summed E-state index contributed by atoms with van der Waals surface area (Å²) in [4.78, 5) is 15.5. The number of nitrogens with zero attached hydrogens (tertiary/aromatic N) is 3. The third-order valence-electron chi connectivity index (χ3n) is 2.20. The highest BCUT2D eigenvalue weighted by atomic mass is 15.0. The van der Waals surface area contributed by atoms with E-state index in [-0.39, 0.29) is 0 Å². The predicted octanol–water partition coefficient (Wildman–Crippen LogP) is 1.82. The van der Waals surface area contributed by atoms with Gasteiger partial charge in [0.05, 0.1) is 6.33 Å². The molecule has 0 spiro atoms. The van der Waals surface area contributed by atoms with Gasteiger partial charge in [-0.2, -0.15) is 0 Å². The molecule has 15 heavy (non-hydrogen) atoms. The number of fused-ring (bicyclic) bond motifs is 1. The van der Waals surface area contributed by atoms with Crippen molar-refractivity contribution in [2.45, 2.75) is 0 Å². The molecule has 3 rings (SSSR count). The fourth-order valence-corrected chi connectivity index (χ4v) is 1.52. The average molecular weight is 195 g/mol. The number of hydrogen-bond acceptors (Lipinski definition) is 3. The van der Waals surface area contributed by atoms with E-state index in [2.05, 4.69) is 26.0 Å². The highest BCUT2D eigenvalue weighted by molar-refractivity contribution is 5.86. The van der Waals surface area contributed by atoms with E-state index in [1.54, 1.807) is 6.33 Å². The summed E-state index contributed by atoms with van der Waals surface area (Å²) in [5, 5.41) is 0. The normalized spacial score (nSPS) is 10.7. The van der Waals surface area contributed by atoms with Crippen molar-refractivity contribution in [3.8, 4) is 11.3 Å². The molecular weight excluding hydrogens is 188 g/mol. The molecule has 1 radical (unpaired) electrons. The maximum Gasteiger partial charge on any atom is 0.161 e. The first-order valence-electron chi connectivity index (χ1n) is 4.56. The summed E-state index contributed by atoms with van der Waals surface area (Å²) < 4.78 is 0. The predicted molar refractivity (Wildman–Crippen MR) is 56.0 cm³/mol. The van der Waals surface area contributed by atoms with Gasteiger partial charge in [-0.1, -0.05) is 18.2 Å². The van der Waals surface area contributed by atoms with Crippen LogP contribution < -0.4 is 0 Å². The highest BCUT2D eigenvalue weighted by Crippen LogP contribution is 2.21. The summed E-state index contributed by atoms with van der Waals surface area (Å²) in [6.07, 6.45) is 3.15. The lowest BCUT2D eigenvalue weighted by Gasteiger charge is -1.99. The summed E-state index contributed by atoms with van der Waals surface area (Å²) in [7, 11) is 0. The molecule has 1 N–H and O–H groups in total. The van der Waals surface area contributed by atoms with Gasteiger partial charge < -0.3 is 4.98 Å². The Morgan fingerprint density at radius 1 is 1.20 bits per heavy atom. The van der Waals surface area contributed by atoms with E-state index in [1.165, 1.54) is 6.33 Å². The standard InChI is InChI=1S/C11H7N4/c1-2-4-8(5-3-1)9-10-11(14-6-12-9)15-7-13-10/h1-2,4-7H,(H,12,13,14,15). The molecule has 0 fully saturated rings. The van der Waals surface area contributed by atoms with Gasteiger partial charge in [0, 0.05) is 5.56 Å². The second-order valence-corrected chi connectivity index (χ2v) is 3.11. The van der Waals surface area contributed by atoms with Crippen molar-refractivity contribution in [2.75, 3.05) is 0 Å². The van der Waals surface area contributed by atoms with E-state index in [0.717, 1.165) is 22.4 Å². The molecule has 1 aromatic carbocycles. The van der Waals surface area contributed by atoms with Crippen LogP contribution in [0.1, 0.15) is 0 Å². The first-order chi connectivity index (χ1) is 7.45. The SMILES string of the molecule is [c]1cccc(-c2ncnc3[nH]cnc23)c1. The zero-order chi connectivity index (χ0) is 10.1. The van der Waals surface area contributed by atoms with E-state index in [9.17, 15) is 0 Å². The van der Waals surface area contributed by atoms with Crippen LogP contribution in [-0.2, 0) is 0 Å². The Morgan fingerprint density at radius 2 is 2.20 bits per heavy atom. The molecular formula is C11H7N4. The molecule has 0 amide bonds. The zero-order valence-electron chi connectivity index (χ0n) is 7.81. The molecule has 0 saturated heterocycles. The van der Waals surface area contributed by atoms with Crippen LogP contribution in [0, 0.1) is 6.07 Å². The fraction of sp³-hybridized carbons (Fsp3) is 0. The Balaban J connectivity index is 2.31. The van der Waals surface area contributed by atoms with E-state index in [1.807, 2.05) is 24.3 Å². The van der Waals surface area contributed by atoms with Crippen molar-refractivity contribution in [3.63, 3.8) is 0 Å². The zero-order valence-corrected chi connectivity index (χ0v) is 7.81. The van der Waals surface area contributed by atoms with Crippen LogP contribution in [0.3, 0.4) is 0 Å². The fourth-order valence-electron chi connectivity index (χ4n) is 1.52. The van der Waals surface area contributed by atoms with Crippen LogP contribution in [0.15, 0.2) is 36.9 Å². The van der Waals surface area contributed by atoms with Crippen molar-refractivity contribution in [2.24, 2.45) is 0 Å². The second-order valence-electron chi connectivity index (χ2n) is 3.11. The molecule has 71 valence electrons. The Hall–Kier alpha value is -2.23. The van der Waals surface area contributed by atoms with Crippen LogP contribution in [0.2, 0.25) is 0 Å². The monoisotopic (exact) mass is 195 g/mol. The topological polar surface area (TPSA) is 54.5 Å². The van der Waals surface area contributed by atoms with Crippen molar-refractivity contribution in [3.05, 3.63) is 43.0 Å². The van der Waals surface area contributed by atoms with Crippen molar-refractivity contribution in [1.29, 1.82) is 0 Å². The minimum absolute atomic E-state index is 0.754. The minimum Gasteiger partial charge on any atom is -0.329 e. The van der Waals surface area contributed by atoms with Crippen molar-refractivity contribution < 1.29 is 0 Å². The van der Waals surface area contributed by atoms with Crippen LogP contribution >= 0.6 is 0 Å². The largest absolute Gasteiger partial charge is 0.329 e. The number of H-pyrrole nitrogens is 1. The van der Waals surface area contributed by atoms with E-state index in [0.29, 0.717) is 0 Å². The maximum atomic E-state index is 4.24. The molecule has 0 bridgehead atoms. The average Bonchev–Trinajstić information content (AvgIpc) is 2.78. The number of hydrogen-bond donors (Lipinski definition) is 1. The number of imidazole rings is 1. The number of nitrogens with one attached hydrogen (secondary N) is 1. The Kier molecular flexibility index (Phi) is 1.71. The molecule has 0 saturated carbocycles. The van der Waals surface area contributed by atoms with Gasteiger partial charge in [0.15, 0.2) is 5.65 Å². The minimum atomic E-state index is 0.754. The maximum absolute atomic E-state index is 4.24. The third kappa shape index (κ3) is 1.27. The van der Waals surface area contributed by atoms with Gasteiger partial charge in [0.2, 0.25) is 0 Å².